The quantitative estimate of drug-likeness (QED) is 0.736. The average molecular weight is 321 g/mol. The molecule has 0 aromatic heterocycles. The van der Waals surface area contributed by atoms with Crippen LogP contribution in [0.3, 0.4) is 0 Å². The lowest BCUT2D eigenvalue weighted by Crippen LogP contribution is -2.31. The second-order valence-corrected chi connectivity index (χ2v) is 6.75. The van der Waals surface area contributed by atoms with Gasteiger partial charge in [-0.2, -0.15) is 0 Å². The predicted octanol–water partition coefficient (Wildman–Crippen LogP) is 4.19. The van der Waals surface area contributed by atoms with Crippen molar-refractivity contribution in [1.82, 2.24) is 4.90 Å². The highest BCUT2D eigenvalue weighted by Gasteiger charge is 2.31. The molecule has 0 saturated heterocycles. The molecule has 128 valence electrons. The van der Waals surface area contributed by atoms with Crippen molar-refractivity contribution in [2.24, 2.45) is 11.8 Å². The van der Waals surface area contributed by atoms with Gasteiger partial charge in [-0.05, 0) is 76.2 Å². The molecule has 0 N–H and O–H groups in total. The first-order chi connectivity index (χ1) is 11.0. The lowest BCUT2D eigenvalue weighted by atomic mass is 9.75. The summed E-state index contributed by atoms with van der Waals surface area (Å²) in [6.45, 7) is 2.30. The molecule has 1 aromatic carbocycles. The van der Waals surface area contributed by atoms with Gasteiger partial charge in [0.25, 0.3) is 0 Å². The van der Waals surface area contributed by atoms with E-state index in [4.69, 9.17) is 4.74 Å². The summed E-state index contributed by atoms with van der Waals surface area (Å²) in [5, 5.41) is 0. The molecule has 1 aliphatic rings. The SMILES string of the molecule is CCOC(=O)CC1CCC(C(c2cccc(F)c2)N(C)C)CC1. The van der Waals surface area contributed by atoms with Crippen LogP contribution in [0.5, 0.6) is 0 Å². The van der Waals surface area contributed by atoms with Gasteiger partial charge in [-0.1, -0.05) is 12.1 Å². The smallest absolute Gasteiger partial charge is 0.306 e. The zero-order valence-corrected chi connectivity index (χ0v) is 14.4. The Bertz CT molecular complexity index is 510. The van der Waals surface area contributed by atoms with Gasteiger partial charge in [0.15, 0.2) is 0 Å². The van der Waals surface area contributed by atoms with E-state index in [9.17, 15) is 9.18 Å². The minimum absolute atomic E-state index is 0.0785. The van der Waals surface area contributed by atoms with Crippen molar-refractivity contribution in [3.05, 3.63) is 35.6 Å². The average Bonchev–Trinajstić information content (AvgIpc) is 2.49. The summed E-state index contributed by atoms with van der Waals surface area (Å²) in [5.74, 6) is 0.682. The number of esters is 1. The molecule has 1 saturated carbocycles. The number of ether oxygens (including phenoxy) is 1. The number of carbonyl (C=O) groups is 1. The van der Waals surface area contributed by atoms with E-state index in [1.165, 1.54) is 6.07 Å². The van der Waals surface area contributed by atoms with Gasteiger partial charge >= 0.3 is 5.97 Å². The molecule has 2 rings (SSSR count). The number of nitrogens with zero attached hydrogens (tertiary/aromatic N) is 1. The van der Waals surface area contributed by atoms with Crippen molar-refractivity contribution >= 4 is 5.97 Å². The predicted molar refractivity (Wildman–Crippen MR) is 89.5 cm³/mol. The third kappa shape index (κ3) is 5.03. The number of benzene rings is 1. The lowest BCUT2D eigenvalue weighted by molar-refractivity contribution is -0.144. The Hall–Kier alpha value is -1.42. The topological polar surface area (TPSA) is 29.5 Å². The van der Waals surface area contributed by atoms with Crippen LogP contribution >= 0.6 is 0 Å². The second-order valence-electron chi connectivity index (χ2n) is 6.75. The van der Waals surface area contributed by atoms with Crippen molar-refractivity contribution in [2.45, 2.75) is 45.1 Å². The minimum atomic E-state index is -0.176. The molecule has 4 heteroatoms. The molecule has 1 atom stereocenters. The van der Waals surface area contributed by atoms with Gasteiger partial charge in [0.2, 0.25) is 0 Å². The fraction of sp³-hybridized carbons (Fsp3) is 0.632. The number of halogens is 1. The molecule has 1 aromatic rings. The van der Waals surface area contributed by atoms with Gasteiger partial charge in [-0.25, -0.2) is 4.39 Å². The van der Waals surface area contributed by atoms with E-state index in [1.54, 1.807) is 12.1 Å². The summed E-state index contributed by atoms with van der Waals surface area (Å²) in [5.41, 5.74) is 1.05. The number of hydrogen-bond acceptors (Lipinski definition) is 3. The van der Waals surface area contributed by atoms with Crippen LogP contribution in [0.4, 0.5) is 4.39 Å². The molecule has 0 radical (unpaired) electrons. The standard InChI is InChI=1S/C19H28FNO2/c1-4-23-18(22)12-14-8-10-15(11-9-14)19(21(2)3)16-6-5-7-17(20)13-16/h5-7,13-15,19H,4,8-12H2,1-3H3. The third-order valence-corrected chi connectivity index (χ3v) is 4.85. The van der Waals surface area contributed by atoms with E-state index in [-0.39, 0.29) is 17.8 Å². The van der Waals surface area contributed by atoms with Crippen molar-refractivity contribution < 1.29 is 13.9 Å². The largest absolute Gasteiger partial charge is 0.466 e. The zero-order chi connectivity index (χ0) is 16.8. The van der Waals surface area contributed by atoms with E-state index in [1.807, 2.05) is 13.0 Å². The Labute approximate surface area is 138 Å². The van der Waals surface area contributed by atoms with Crippen molar-refractivity contribution in [3.63, 3.8) is 0 Å². The Morgan fingerprint density at radius 3 is 2.57 bits per heavy atom. The van der Waals surface area contributed by atoms with Gasteiger partial charge in [-0.15, -0.1) is 0 Å². The van der Waals surface area contributed by atoms with Crippen molar-refractivity contribution in [1.29, 1.82) is 0 Å². The van der Waals surface area contributed by atoms with Crippen LogP contribution in [0.25, 0.3) is 0 Å². The van der Waals surface area contributed by atoms with E-state index in [2.05, 4.69) is 19.0 Å². The maximum atomic E-state index is 13.6. The maximum Gasteiger partial charge on any atom is 0.306 e. The van der Waals surface area contributed by atoms with E-state index >= 15 is 0 Å². The molecule has 1 unspecified atom stereocenters. The van der Waals surface area contributed by atoms with Gasteiger partial charge < -0.3 is 9.64 Å². The summed E-state index contributed by atoms with van der Waals surface area (Å²) < 4.78 is 18.6. The first-order valence-corrected chi connectivity index (χ1v) is 8.58. The first-order valence-electron chi connectivity index (χ1n) is 8.58. The van der Waals surface area contributed by atoms with Gasteiger partial charge in [0.05, 0.1) is 6.61 Å². The molecule has 0 aliphatic heterocycles. The molecular weight excluding hydrogens is 293 g/mol. The van der Waals surface area contributed by atoms with Crippen LogP contribution in [0, 0.1) is 17.7 Å². The molecule has 0 spiro atoms. The Morgan fingerprint density at radius 1 is 1.30 bits per heavy atom. The highest BCUT2D eigenvalue weighted by atomic mass is 19.1. The molecule has 3 nitrogen and oxygen atoms in total. The van der Waals surface area contributed by atoms with Gasteiger partial charge in [0.1, 0.15) is 5.82 Å². The normalized spacial score (nSPS) is 22.8. The number of rotatable bonds is 6. The van der Waals surface area contributed by atoms with Crippen LogP contribution in [0.1, 0.15) is 50.6 Å². The second kappa shape index (κ2) is 8.44. The molecule has 23 heavy (non-hydrogen) atoms. The Balaban J connectivity index is 1.97. The van der Waals surface area contributed by atoms with E-state index < -0.39 is 0 Å². The maximum absolute atomic E-state index is 13.6. The summed E-state index contributed by atoms with van der Waals surface area (Å²) in [7, 11) is 4.11. The molecule has 1 aliphatic carbocycles. The van der Waals surface area contributed by atoms with Crippen LogP contribution in [-0.4, -0.2) is 31.6 Å². The summed E-state index contributed by atoms with van der Waals surface area (Å²) >= 11 is 0. The highest BCUT2D eigenvalue weighted by molar-refractivity contribution is 5.69. The molecular formula is C19H28FNO2. The van der Waals surface area contributed by atoms with E-state index in [0.717, 1.165) is 31.2 Å². The first kappa shape index (κ1) is 17.9. The molecule has 0 bridgehead atoms. The Morgan fingerprint density at radius 2 is 2.00 bits per heavy atom. The molecule has 1 fully saturated rings. The van der Waals surface area contributed by atoms with Crippen LogP contribution in [0.2, 0.25) is 0 Å². The van der Waals surface area contributed by atoms with E-state index in [0.29, 0.717) is 24.9 Å². The minimum Gasteiger partial charge on any atom is -0.466 e. The highest BCUT2D eigenvalue weighted by Crippen LogP contribution is 2.40. The molecule has 0 heterocycles. The number of hydrogen-bond donors (Lipinski definition) is 0. The zero-order valence-electron chi connectivity index (χ0n) is 14.4. The van der Waals surface area contributed by atoms with Crippen LogP contribution < -0.4 is 0 Å². The third-order valence-electron chi connectivity index (χ3n) is 4.85. The van der Waals surface area contributed by atoms with Gasteiger partial charge in [-0.3, -0.25) is 4.79 Å². The molecule has 0 amide bonds. The fourth-order valence-electron chi connectivity index (χ4n) is 3.85. The number of carbonyl (C=O) groups excluding carboxylic acids is 1. The monoisotopic (exact) mass is 321 g/mol. The van der Waals surface area contributed by atoms with Gasteiger partial charge in [0, 0.05) is 12.5 Å². The Kier molecular flexibility index (Phi) is 6.58. The van der Waals surface area contributed by atoms with Crippen molar-refractivity contribution in [3.8, 4) is 0 Å². The van der Waals surface area contributed by atoms with Crippen LogP contribution in [-0.2, 0) is 9.53 Å². The summed E-state index contributed by atoms with van der Waals surface area (Å²) in [6, 6.07) is 7.17. The van der Waals surface area contributed by atoms with Crippen LogP contribution in [0.15, 0.2) is 24.3 Å². The lowest BCUT2D eigenvalue weighted by Gasteiger charge is -2.37. The summed E-state index contributed by atoms with van der Waals surface area (Å²) in [4.78, 5) is 13.8. The fourth-order valence-corrected chi connectivity index (χ4v) is 3.85. The summed E-state index contributed by atoms with van der Waals surface area (Å²) in [6.07, 6.45) is 4.77. The van der Waals surface area contributed by atoms with Crippen molar-refractivity contribution in [2.75, 3.05) is 20.7 Å².